The topological polar surface area (TPSA) is 89.7 Å². The molecule has 0 N–H and O–H groups in total. The van der Waals surface area contributed by atoms with Gasteiger partial charge in [-0.25, -0.2) is 28.7 Å². The standard InChI is InChI=1S/C31H27N2O.C30H25N2O.C29H23N2O/c1-18-10-13-22(14-11-18)26-16-27(33(5)17-20(26)3)28-19(2)12-15-25-29-24-9-7-6-8-23(24)21(4)32-31(29)34-30(25)28;1-18-9-12-21(13-10-18)25-15-26(32(4)17-20(25)3)27-19(2)11-14-24-28-23-8-6-5-7-22(23)16-31-30(28)33-29(24)27;1-18-13-14-23-27-22-12-8-7-11-21(22)16-30-29(27)32-28(23)26(18)25-15-24(19(2)17-31(25)3)20-9-5-4-6-10-20/h6-17H,1-5H3;5-17H,1-4H3;4-17H,1-3H3/q3*+1/i2*3D3;2D3. The summed E-state index contributed by atoms with van der Waals surface area (Å²) < 4.78 is 98.6. The number of furan rings is 3. The smallest absolute Gasteiger partial charge is 0.228 e. The van der Waals surface area contributed by atoms with Crippen LogP contribution in [0.1, 0.15) is 62.5 Å². The first-order valence-electron chi connectivity index (χ1n) is 37.6. The molecule has 18 rings (SSSR count). The van der Waals surface area contributed by atoms with Gasteiger partial charge in [0.2, 0.25) is 34.2 Å². The highest BCUT2D eigenvalue weighted by Gasteiger charge is 2.28. The van der Waals surface area contributed by atoms with E-state index in [1.165, 1.54) is 0 Å². The molecule has 9 nitrogen and oxygen atoms in total. The summed E-state index contributed by atoms with van der Waals surface area (Å²) in [5.74, 6) is 0. The third-order valence-corrected chi connectivity index (χ3v) is 19.5. The summed E-state index contributed by atoms with van der Waals surface area (Å²) in [7, 11) is 5.66. The largest absolute Gasteiger partial charge is 0.437 e. The Morgan fingerprint density at radius 3 is 1.07 bits per heavy atom. The monoisotopic (exact) mass is 1300 g/mol. The van der Waals surface area contributed by atoms with Crippen LogP contribution in [0.15, 0.2) is 250 Å². The molecule has 0 aliphatic heterocycles. The van der Waals surface area contributed by atoms with E-state index in [-0.39, 0.29) is 0 Å². The van der Waals surface area contributed by atoms with Gasteiger partial charge in [-0.2, -0.15) is 0 Å². The van der Waals surface area contributed by atoms with Crippen LogP contribution in [0.4, 0.5) is 0 Å². The Morgan fingerprint density at radius 2 is 0.667 bits per heavy atom. The van der Waals surface area contributed by atoms with Gasteiger partial charge in [-0.3, -0.25) is 0 Å². The average Bonchev–Trinajstić information content (AvgIpc) is 1.58. The number of rotatable bonds is 6. The number of hydrogen-bond acceptors (Lipinski definition) is 6. The molecule has 0 spiro atoms. The predicted molar refractivity (Wildman–Crippen MR) is 406 cm³/mol. The average molecular weight is 1300 g/mol. The Labute approximate surface area is 587 Å². The molecule has 0 bridgehead atoms. The second-order valence-corrected chi connectivity index (χ2v) is 26.1. The molecule has 99 heavy (non-hydrogen) atoms. The van der Waals surface area contributed by atoms with Gasteiger partial charge in [-0.15, -0.1) is 0 Å². The number of hydrogen-bond donors (Lipinski definition) is 0. The van der Waals surface area contributed by atoms with Crippen LogP contribution in [0, 0.1) is 62.1 Å². The number of benzene rings is 9. The molecule has 9 heteroatoms. The lowest BCUT2D eigenvalue weighted by molar-refractivity contribution is -0.660. The van der Waals surface area contributed by atoms with E-state index in [1.54, 1.807) is 18.6 Å². The summed E-state index contributed by atoms with van der Waals surface area (Å²) in [5, 5.41) is 12.5. The molecule has 0 saturated carbocycles. The minimum atomic E-state index is -2.25. The van der Waals surface area contributed by atoms with E-state index in [0.29, 0.717) is 50.5 Å². The third-order valence-electron chi connectivity index (χ3n) is 19.5. The molecular weight excluding hydrogens is 1210 g/mol. The summed E-state index contributed by atoms with van der Waals surface area (Å²) in [4.78, 5) is 14.0. The van der Waals surface area contributed by atoms with Gasteiger partial charge in [-0.05, 0) is 128 Å². The van der Waals surface area contributed by atoms with Crippen LogP contribution >= 0.6 is 0 Å². The maximum Gasteiger partial charge on any atom is 0.228 e. The van der Waals surface area contributed by atoms with Crippen LogP contribution in [0.2, 0.25) is 0 Å². The third kappa shape index (κ3) is 10.7. The van der Waals surface area contributed by atoms with E-state index in [9.17, 15) is 0 Å². The van der Waals surface area contributed by atoms with Gasteiger partial charge < -0.3 is 13.3 Å². The minimum Gasteiger partial charge on any atom is -0.437 e. The quantitative estimate of drug-likeness (QED) is 0.154. The molecule has 18 aromatic rings. The first-order chi connectivity index (χ1) is 51.7. The number of pyridine rings is 6. The predicted octanol–water partition coefficient (Wildman–Crippen LogP) is 21.7. The van der Waals surface area contributed by atoms with Crippen molar-refractivity contribution >= 4 is 98.5 Å². The van der Waals surface area contributed by atoms with Crippen molar-refractivity contribution < 1.29 is 39.3 Å². The number of aryl methyl sites for hydroxylation is 12. The number of aromatic nitrogens is 6. The van der Waals surface area contributed by atoms with Gasteiger partial charge >= 0.3 is 0 Å². The van der Waals surface area contributed by atoms with Gasteiger partial charge in [0.1, 0.15) is 21.1 Å². The van der Waals surface area contributed by atoms with Crippen molar-refractivity contribution in [3.63, 3.8) is 0 Å². The fourth-order valence-corrected chi connectivity index (χ4v) is 14.4. The van der Waals surface area contributed by atoms with Gasteiger partial charge in [0, 0.05) is 97.6 Å². The highest BCUT2D eigenvalue weighted by atomic mass is 16.3. The highest BCUT2D eigenvalue weighted by Crippen LogP contribution is 2.44. The second-order valence-electron chi connectivity index (χ2n) is 26.1. The van der Waals surface area contributed by atoms with Crippen LogP contribution in [0.25, 0.3) is 166 Å². The molecule has 0 aliphatic rings. The van der Waals surface area contributed by atoms with Gasteiger partial charge in [-0.1, -0.05) is 199 Å². The molecule has 0 amide bonds. The fraction of sp³-hybridized carbons (Fsp3) is 0.133. The summed E-state index contributed by atoms with van der Waals surface area (Å²) in [6.45, 7) is 5.46. The maximum atomic E-state index is 8.21. The van der Waals surface area contributed by atoms with Crippen molar-refractivity contribution in [3.8, 4) is 67.2 Å². The highest BCUT2D eigenvalue weighted by molar-refractivity contribution is 6.22. The Hall–Kier alpha value is -11.9. The van der Waals surface area contributed by atoms with Crippen LogP contribution < -0.4 is 13.7 Å². The SMILES string of the molecule is [2H]C([2H])([2H])c1c[n+](C)c(-c2c(C)ccc3c2oc2nc(C)c4ccccc4c23)cc1-c1ccc(C)cc1.[2H]C([2H])([2H])c1c[n+](C)c(-c2c(C)ccc3c2oc2ncc4ccccc4c23)cc1-c1ccc(C)cc1.[2H]C([2H])([2H])c1c[n+](C)c(-c2c(C)ccc3c2oc2ncc4ccccc4c23)cc1-c1ccccc1. The Kier molecular flexibility index (Phi) is 13.0. The van der Waals surface area contributed by atoms with Crippen LogP contribution in [-0.2, 0) is 21.1 Å². The molecular formula is C90H75N6O3+3. The van der Waals surface area contributed by atoms with Crippen LogP contribution in [0.3, 0.4) is 0 Å². The van der Waals surface area contributed by atoms with E-state index in [4.69, 9.17) is 30.6 Å². The van der Waals surface area contributed by atoms with E-state index in [0.717, 1.165) is 165 Å². The molecule has 0 unspecified atom stereocenters. The van der Waals surface area contributed by atoms with Gasteiger partial charge in [0.05, 0.1) is 32.8 Å². The number of nitrogens with zero attached hydrogens (tertiary/aromatic N) is 6. The van der Waals surface area contributed by atoms with Crippen molar-refractivity contribution in [2.45, 2.75) is 62.1 Å². The van der Waals surface area contributed by atoms with Gasteiger partial charge in [0.25, 0.3) is 0 Å². The zero-order valence-electron chi connectivity index (χ0n) is 65.4. The maximum absolute atomic E-state index is 8.21. The lowest BCUT2D eigenvalue weighted by atomic mass is 9.95. The van der Waals surface area contributed by atoms with E-state index >= 15 is 0 Å². The Morgan fingerprint density at radius 1 is 0.323 bits per heavy atom. The molecule has 9 aromatic heterocycles. The van der Waals surface area contributed by atoms with E-state index < -0.39 is 20.6 Å². The van der Waals surface area contributed by atoms with Crippen molar-refractivity contribution in [3.05, 3.63) is 287 Å². The van der Waals surface area contributed by atoms with Crippen molar-refractivity contribution in [1.29, 1.82) is 0 Å². The summed E-state index contributed by atoms with van der Waals surface area (Å²) in [5.41, 5.74) is 21.4. The summed E-state index contributed by atoms with van der Waals surface area (Å²) in [6.07, 6.45) is 8.86. The second kappa shape index (κ2) is 24.6. The lowest BCUT2D eigenvalue weighted by Gasteiger charge is -2.10. The number of fused-ring (bicyclic) bond motifs is 15. The zero-order chi connectivity index (χ0) is 75.6. The van der Waals surface area contributed by atoms with E-state index in [2.05, 4.69) is 96.6 Å². The molecule has 480 valence electrons. The summed E-state index contributed by atoms with van der Waals surface area (Å²) in [6, 6.07) is 68.7. The van der Waals surface area contributed by atoms with Gasteiger partial charge in [0.15, 0.2) is 35.3 Å². The van der Waals surface area contributed by atoms with Crippen molar-refractivity contribution in [2.75, 3.05) is 0 Å². The molecule has 0 saturated heterocycles. The normalized spacial score (nSPS) is 13.4. The zero-order valence-corrected chi connectivity index (χ0v) is 56.4. The van der Waals surface area contributed by atoms with E-state index in [1.807, 2.05) is 208 Å². The van der Waals surface area contributed by atoms with Crippen LogP contribution in [-0.4, -0.2) is 15.0 Å². The van der Waals surface area contributed by atoms with Crippen molar-refractivity contribution in [1.82, 2.24) is 15.0 Å². The first kappa shape index (κ1) is 52.3. The minimum absolute atomic E-state index is 0.317. The molecule has 0 radical (unpaired) electrons. The lowest BCUT2D eigenvalue weighted by Crippen LogP contribution is -2.31. The van der Waals surface area contributed by atoms with Crippen molar-refractivity contribution in [2.24, 2.45) is 21.1 Å². The first-order valence-corrected chi connectivity index (χ1v) is 33.1. The molecule has 9 heterocycles. The molecule has 0 fully saturated rings. The fourth-order valence-electron chi connectivity index (χ4n) is 14.4. The van der Waals surface area contributed by atoms with Crippen LogP contribution in [0.5, 0.6) is 0 Å². The molecule has 0 aliphatic carbocycles. The Bertz CT molecular complexity index is 6670. The molecule has 0 atom stereocenters. The molecule has 9 aromatic carbocycles. The summed E-state index contributed by atoms with van der Waals surface area (Å²) >= 11 is 0. The Balaban J connectivity index is 0.000000124.